The van der Waals surface area contributed by atoms with Crippen molar-refractivity contribution in [2.45, 2.75) is 15.6 Å². The number of hydrogen-bond acceptors (Lipinski definition) is 8. The summed E-state index contributed by atoms with van der Waals surface area (Å²) in [4.78, 5) is 11.5. The molecule has 0 aliphatic heterocycles. The first kappa shape index (κ1) is 15.4. The van der Waals surface area contributed by atoms with Crippen LogP contribution in [0.1, 0.15) is 5.82 Å². The minimum Gasteiger partial charge on any atom is -0.377 e. The lowest BCUT2D eigenvalue weighted by Gasteiger charge is -2.10. The highest BCUT2D eigenvalue weighted by Gasteiger charge is 2.13. The zero-order chi connectivity index (χ0) is 16.2. The van der Waals surface area contributed by atoms with Crippen molar-refractivity contribution in [2.75, 3.05) is 5.32 Å². The second-order valence-corrected chi connectivity index (χ2v) is 6.83. The first-order chi connectivity index (χ1) is 11.1. The molecule has 3 aromatic rings. The minimum absolute atomic E-state index is 0.0409. The Morgan fingerprint density at radius 2 is 2.30 bits per heavy atom. The lowest BCUT2D eigenvalue weighted by Crippen LogP contribution is -2.07. The van der Waals surface area contributed by atoms with Gasteiger partial charge < -0.3 is 5.32 Å². The van der Waals surface area contributed by atoms with E-state index >= 15 is 0 Å². The summed E-state index contributed by atoms with van der Waals surface area (Å²) in [6.45, 7) is 0.378. The van der Waals surface area contributed by atoms with Gasteiger partial charge in [0.15, 0.2) is 5.82 Å². The van der Waals surface area contributed by atoms with Gasteiger partial charge in [0.1, 0.15) is 0 Å². The van der Waals surface area contributed by atoms with Crippen LogP contribution in [0.3, 0.4) is 0 Å². The third-order valence-corrected chi connectivity index (χ3v) is 5.14. The number of nitro groups is 1. The largest absolute Gasteiger partial charge is 0.377 e. The quantitative estimate of drug-likeness (QED) is 0.540. The van der Waals surface area contributed by atoms with Crippen LogP contribution < -0.4 is 5.32 Å². The second-order valence-electron chi connectivity index (χ2n) is 4.54. The highest BCUT2D eigenvalue weighted by molar-refractivity contribution is 8.01. The van der Waals surface area contributed by atoms with Gasteiger partial charge in [0.2, 0.25) is 0 Å². The number of thiophene rings is 1. The summed E-state index contributed by atoms with van der Waals surface area (Å²) in [5.41, 5.74) is 0.722. The van der Waals surface area contributed by atoms with Gasteiger partial charge in [-0.05, 0) is 27.9 Å². The molecule has 0 fully saturated rings. The molecular weight excluding hydrogens is 336 g/mol. The Morgan fingerprint density at radius 1 is 1.43 bits per heavy atom. The van der Waals surface area contributed by atoms with Crippen LogP contribution in [0.2, 0.25) is 0 Å². The van der Waals surface area contributed by atoms with Gasteiger partial charge in [-0.3, -0.25) is 10.1 Å². The van der Waals surface area contributed by atoms with E-state index in [0.717, 1.165) is 9.10 Å². The highest BCUT2D eigenvalue weighted by atomic mass is 32.2. The summed E-state index contributed by atoms with van der Waals surface area (Å²) in [5.74, 6) is 0.642. The van der Waals surface area contributed by atoms with Crippen LogP contribution in [-0.4, -0.2) is 25.1 Å². The monoisotopic (exact) mass is 348 g/mol. The SMILES string of the molecule is Cn1nnnc1CNc1cc([N+](=O)[O-])ccc1Sc1cccs1. The van der Waals surface area contributed by atoms with E-state index in [4.69, 9.17) is 0 Å². The number of hydrogen-bond donors (Lipinski definition) is 1. The molecule has 118 valence electrons. The maximum atomic E-state index is 11.0. The number of tetrazole rings is 1. The molecule has 23 heavy (non-hydrogen) atoms. The number of nitrogens with one attached hydrogen (secondary N) is 1. The highest BCUT2D eigenvalue weighted by Crippen LogP contribution is 2.37. The maximum absolute atomic E-state index is 11.0. The van der Waals surface area contributed by atoms with E-state index in [1.54, 1.807) is 40.9 Å². The normalized spacial score (nSPS) is 10.7. The van der Waals surface area contributed by atoms with Crippen molar-refractivity contribution in [2.24, 2.45) is 7.05 Å². The number of anilines is 1. The molecule has 0 radical (unpaired) electrons. The predicted molar refractivity (Wildman–Crippen MR) is 87.7 cm³/mol. The van der Waals surface area contributed by atoms with Gasteiger partial charge in [-0.1, -0.05) is 17.8 Å². The molecule has 0 amide bonds. The summed E-state index contributed by atoms with van der Waals surface area (Å²) in [5, 5.41) is 27.4. The lowest BCUT2D eigenvalue weighted by atomic mass is 10.3. The number of nitro benzene ring substituents is 1. The van der Waals surface area contributed by atoms with Gasteiger partial charge in [-0.25, -0.2) is 4.68 Å². The van der Waals surface area contributed by atoms with E-state index in [9.17, 15) is 10.1 Å². The van der Waals surface area contributed by atoms with E-state index in [2.05, 4.69) is 20.8 Å². The van der Waals surface area contributed by atoms with Crippen LogP contribution in [0.4, 0.5) is 11.4 Å². The molecule has 0 spiro atoms. The fourth-order valence-electron chi connectivity index (χ4n) is 1.86. The zero-order valence-electron chi connectivity index (χ0n) is 12.0. The first-order valence-corrected chi connectivity index (χ1v) is 8.28. The van der Waals surface area contributed by atoms with E-state index < -0.39 is 4.92 Å². The standard InChI is InChI=1S/C13H12N6O2S2/c1-18-12(15-16-17-18)8-14-10-7-9(19(20)21)4-5-11(10)23-13-3-2-6-22-13/h2-7,14H,8H2,1H3. The van der Waals surface area contributed by atoms with E-state index in [1.165, 1.54) is 12.1 Å². The molecule has 3 rings (SSSR count). The van der Waals surface area contributed by atoms with Gasteiger partial charge in [-0.15, -0.1) is 16.4 Å². The number of rotatable bonds is 6. The van der Waals surface area contributed by atoms with Crippen molar-refractivity contribution in [1.82, 2.24) is 20.2 Å². The smallest absolute Gasteiger partial charge is 0.271 e. The molecule has 1 N–H and O–H groups in total. The van der Waals surface area contributed by atoms with Gasteiger partial charge in [0.05, 0.1) is 21.4 Å². The number of aryl methyl sites for hydroxylation is 1. The van der Waals surface area contributed by atoms with Crippen LogP contribution in [0.15, 0.2) is 44.8 Å². The maximum Gasteiger partial charge on any atom is 0.271 e. The minimum atomic E-state index is -0.408. The molecule has 10 heteroatoms. The molecule has 2 heterocycles. The van der Waals surface area contributed by atoms with Crippen molar-refractivity contribution in [3.63, 3.8) is 0 Å². The van der Waals surface area contributed by atoms with E-state index in [0.29, 0.717) is 18.1 Å². The average molecular weight is 348 g/mol. The summed E-state index contributed by atoms with van der Waals surface area (Å²) < 4.78 is 2.67. The Hall–Kier alpha value is -2.46. The lowest BCUT2D eigenvalue weighted by molar-refractivity contribution is -0.384. The molecule has 0 aliphatic rings. The molecule has 8 nitrogen and oxygen atoms in total. The molecule has 2 aromatic heterocycles. The van der Waals surface area contributed by atoms with Crippen LogP contribution in [0, 0.1) is 10.1 Å². The Morgan fingerprint density at radius 3 is 2.96 bits per heavy atom. The fraction of sp³-hybridized carbons (Fsp3) is 0.154. The summed E-state index contributed by atoms with van der Waals surface area (Å²) in [7, 11) is 1.74. The molecule has 0 aliphatic carbocycles. The first-order valence-electron chi connectivity index (χ1n) is 6.58. The molecule has 0 saturated carbocycles. The molecule has 1 aromatic carbocycles. The van der Waals surface area contributed by atoms with Crippen molar-refractivity contribution in [3.05, 3.63) is 51.7 Å². The van der Waals surface area contributed by atoms with Crippen molar-refractivity contribution in [1.29, 1.82) is 0 Å². The topological polar surface area (TPSA) is 98.8 Å². The van der Waals surface area contributed by atoms with Crippen LogP contribution >= 0.6 is 23.1 Å². The van der Waals surface area contributed by atoms with Gasteiger partial charge in [-0.2, -0.15) is 0 Å². The Labute approximate surface area is 139 Å². The van der Waals surface area contributed by atoms with Crippen LogP contribution in [-0.2, 0) is 13.6 Å². The molecule has 0 unspecified atom stereocenters. The Kier molecular flexibility index (Phi) is 4.53. The molecule has 0 saturated heterocycles. The third-order valence-electron chi connectivity index (χ3n) is 3.02. The second kappa shape index (κ2) is 6.75. The average Bonchev–Trinajstić information content (AvgIpc) is 3.18. The third kappa shape index (κ3) is 3.66. The van der Waals surface area contributed by atoms with Gasteiger partial charge >= 0.3 is 0 Å². The number of aromatic nitrogens is 4. The molecule has 0 atom stereocenters. The summed E-state index contributed by atoms with van der Waals surface area (Å²) in [6, 6.07) is 8.76. The molecular formula is C13H12N6O2S2. The van der Waals surface area contributed by atoms with Crippen molar-refractivity contribution in [3.8, 4) is 0 Å². The van der Waals surface area contributed by atoms with E-state index in [1.807, 2.05) is 17.5 Å². The van der Waals surface area contributed by atoms with Crippen molar-refractivity contribution >= 4 is 34.5 Å². The number of benzene rings is 1. The number of non-ortho nitro benzene ring substituents is 1. The Bertz CT molecular complexity index is 818. The predicted octanol–water partition coefficient (Wildman–Crippen LogP) is 2.94. The van der Waals surface area contributed by atoms with Crippen LogP contribution in [0.5, 0.6) is 0 Å². The van der Waals surface area contributed by atoms with Gasteiger partial charge in [0.25, 0.3) is 5.69 Å². The molecule has 0 bridgehead atoms. The fourth-order valence-corrected chi connectivity index (χ4v) is 3.68. The van der Waals surface area contributed by atoms with Crippen LogP contribution in [0.25, 0.3) is 0 Å². The number of nitrogens with zero attached hydrogens (tertiary/aromatic N) is 5. The van der Waals surface area contributed by atoms with Gasteiger partial charge in [0, 0.05) is 24.1 Å². The summed E-state index contributed by atoms with van der Waals surface area (Å²) >= 11 is 3.18. The Balaban J connectivity index is 1.86. The van der Waals surface area contributed by atoms with Crippen molar-refractivity contribution < 1.29 is 4.92 Å². The summed E-state index contributed by atoms with van der Waals surface area (Å²) in [6.07, 6.45) is 0. The van der Waals surface area contributed by atoms with E-state index in [-0.39, 0.29) is 5.69 Å². The zero-order valence-corrected chi connectivity index (χ0v) is 13.7.